The molecule has 8 nitrogen and oxygen atoms in total. The lowest BCUT2D eigenvalue weighted by molar-refractivity contribution is -0.111. The van der Waals surface area contributed by atoms with Gasteiger partial charge in [0.05, 0.1) is 11.8 Å². The molecule has 8 heteroatoms. The molecule has 0 aliphatic heterocycles. The summed E-state index contributed by atoms with van der Waals surface area (Å²) in [5.74, 6) is 0.915. The molecule has 0 aliphatic rings. The van der Waals surface area contributed by atoms with Crippen molar-refractivity contribution in [1.29, 1.82) is 0 Å². The Bertz CT molecular complexity index is 1370. The minimum atomic E-state index is -0.427. The average molecular weight is 408 g/mol. The van der Waals surface area contributed by atoms with Crippen molar-refractivity contribution in [3.05, 3.63) is 90.9 Å². The highest BCUT2D eigenvalue weighted by Gasteiger charge is 2.20. The molecule has 5 aromatic rings. The van der Waals surface area contributed by atoms with E-state index in [9.17, 15) is 4.79 Å². The van der Waals surface area contributed by atoms with Crippen LogP contribution in [-0.4, -0.2) is 31.1 Å². The van der Waals surface area contributed by atoms with Crippen LogP contribution in [0.4, 0.5) is 5.82 Å². The molecule has 0 unspecified atom stereocenters. The van der Waals surface area contributed by atoms with Gasteiger partial charge in [0, 0.05) is 17.0 Å². The third-order valence-electron chi connectivity index (χ3n) is 4.62. The lowest BCUT2D eigenvalue weighted by atomic mass is 10.2. The van der Waals surface area contributed by atoms with Crippen LogP contribution < -0.4 is 5.32 Å². The van der Waals surface area contributed by atoms with Crippen molar-refractivity contribution in [3.63, 3.8) is 0 Å². The van der Waals surface area contributed by atoms with Gasteiger partial charge < -0.3 is 9.73 Å². The second kappa shape index (κ2) is 8.03. The first-order chi connectivity index (χ1) is 15.3. The number of carbonyl (C=O) groups is 1. The molecule has 150 valence electrons. The van der Waals surface area contributed by atoms with E-state index in [-0.39, 0.29) is 5.70 Å². The number of anilines is 1. The molecule has 0 radical (unpaired) electrons. The summed E-state index contributed by atoms with van der Waals surface area (Å²) in [7, 11) is 0. The minimum Gasteiger partial charge on any atom is -0.465 e. The SMILES string of the molecule is O=C(Nc1ccc2ccccc2n1)/C(=C/c1ccco1)n1nnnc1-c1ccccc1. The zero-order valence-electron chi connectivity index (χ0n) is 16.2. The molecule has 0 aliphatic carbocycles. The lowest BCUT2D eigenvalue weighted by Crippen LogP contribution is -2.20. The highest BCUT2D eigenvalue weighted by molar-refractivity contribution is 6.24. The van der Waals surface area contributed by atoms with Gasteiger partial charge in [-0.25, -0.2) is 4.98 Å². The highest BCUT2D eigenvalue weighted by Crippen LogP contribution is 2.22. The van der Waals surface area contributed by atoms with Crippen LogP contribution in [0.5, 0.6) is 0 Å². The summed E-state index contributed by atoms with van der Waals surface area (Å²) >= 11 is 0. The van der Waals surface area contributed by atoms with Crippen molar-refractivity contribution < 1.29 is 9.21 Å². The number of benzene rings is 2. The van der Waals surface area contributed by atoms with Crippen LogP contribution in [0.25, 0.3) is 34.1 Å². The summed E-state index contributed by atoms with van der Waals surface area (Å²) in [6, 6.07) is 24.2. The first-order valence-corrected chi connectivity index (χ1v) is 9.54. The Hall–Kier alpha value is -4.59. The van der Waals surface area contributed by atoms with Crippen molar-refractivity contribution in [2.75, 3.05) is 5.32 Å². The Balaban J connectivity index is 1.54. The molecular formula is C23H16N6O2. The van der Waals surface area contributed by atoms with Gasteiger partial charge in [0.2, 0.25) is 0 Å². The largest absolute Gasteiger partial charge is 0.465 e. The zero-order valence-corrected chi connectivity index (χ0v) is 16.2. The first kappa shape index (κ1) is 18.4. The van der Waals surface area contributed by atoms with E-state index in [4.69, 9.17) is 4.42 Å². The van der Waals surface area contributed by atoms with Gasteiger partial charge in [-0.3, -0.25) is 4.79 Å². The number of nitrogens with one attached hydrogen (secondary N) is 1. The van der Waals surface area contributed by atoms with Crippen molar-refractivity contribution in [1.82, 2.24) is 25.2 Å². The summed E-state index contributed by atoms with van der Waals surface area (Å²) < 4.78 is 6.79. The van der Waals surface area contributed by atoms with Crippen LogP contribution in [0.2, 0.25) is 0 Å². The number of rotatable bonds is 5. The van der Waals surface area contributed by atoms with Gasteiger partial charge >= 0.3 is 0 Å². The molecule has 0 fully saturated rings. The van der Waals surface area contributed by atoms with Crippen molar-refractivity contribution in [2.24, 2.45) is 0 Å². The van der Waals surface area contributed by atoms with Crippen molar-refractivity contribution in [3.8, 4) is 11.4 Å². The maximum atomic E-state index is 13.3. The second-order valence-electron chi connectivity index (χ2n) is 6.67. The Labute approximate surface area is 176 Å². The molecule has 31 heavy (non-hydrogen) atoms. The number of para-hydroxylation sites is 1. The summed E-state index contributed by atoms with van der Waals surface area (Å²) in [5, 5.41) is 15.7. The molecule has 0 saturated carbocycles. The molecule has 5 rings (SSSR count). The van der Waals surface area contributed by atoms with Gasteiger partial charge in [-0.1, -0.05) is 48.5 Å². The number of hydrogen-bond donors (Lipinski definition) is 1. The molecule has 0 atom stereocenters. The Morgan fingerprint density at radius 3 is 2.61 bits per heavy atom. The molecule has 1 N–H and O–H groups in total. The van der Waals surface area contributed by atoms with Crippen LogP contribution in [0.1, 0.15) is 5.76 Å². The monoisotopic (exact) mass is 408 g/mol. The average Bonchev–Trinajstić information content (AvgIpc) is 3.50. The number of nitrogens with zero attached hydrogens (tertiary/aromatic N) is 5. The van der Waals surface area contributed by atoms with E-state index in [2.05, 4.69) is 25.8 Å². The van der Waals surface area contributed by atoms with Crippen molar-refractivity contribution >= 4 is 34.4 Å². The Morgan fingerprint density at radius 2 is 1.77 bits per heavy atom. The molecular weight excluding hydrogens is 392 g/mol. The first-order valence-electron chi connectivity index (χ1n) is 9.54. The topological polar surface area (TPSA) is 98.7 Å². The molecule has 0 bridgehead atoms. The fraction of sp³-hybridized carbons (Fsp3) is 0. The normalized spacial score (nSPS) is 11.5. The predicted molar refractivity (Wildman–Crippen MR) is 117 cm³/mol. The van der Waals surface area contributed by atoms with E-state index >= 15 is 0 Å². The third-order valence-corrected chi connectivity index (χ3v) is 4.62. The molecule has 3 heterocycles. The van der Waals surface area contributed by atoms with Gasteiger partial charge in [0.25, 0.3) is 5.91 Å². The van der Waals surface area contributed by atoms with Gasteiger partial charge in [0.1, 0.15) is 17.3 Å². The smallest absolute Gasteiger partial charge is 0.275 e. The maximum Gasteiger partial charge on any atom is 0.275 e. The van der Waals surface area contributed by atoms with E-state index in [0.717, 1.165) is 16.5 Å². The van der Waals surface area contributed by atoms with E-state index in [1.807, 2.05) is 60.7 Å². The van der Waals surface area contributed by atoms with Crippen molar-refractivity contribution in [2.45, 2.75) is 0 Å². The van der Waals surface area contributed by atoms with Gasteiger partial charge in [-0.15, -0.1) is 5.10 Å². The molecule has 0 spiro atoms. The highest BCUT2D eigenvalue weighted by atomic mass is 16.3. The molecule has 3 aromatic heterocycles. The number of hydrogen-bond acceptors (Lipinski definition) is 6. The Kier molecular flexibility index (Phi) is 4.78. The summed E-state index contributed by atoms with van der Waals surface area (Å²) in [5.41, 5.74) is 1.74. The lowest BCUT2D eigenvalue weighted by Gasteiger charge is -2.10. The quantitative estimate of drug-likeness (QED) is 0.439. The van der Waals surface area contributed by atoms with E-state index in [0.29, 0.717) is 17.4 Å². The van der Waals surface area contributed by atoms with E-state index < -0.39 is 5.91 Å². The number of fused-ring (bicyclic) bond motifs is 1. The second-order valence-corrected chi connectivity index (χ2v) is 6.67. The number of pyridine rings is 1. The van der Waals surface area contributed by atoms with Crippen LogP contribution in [0.15, 0.2) is 89.5 Å². The van der Waals surface area contributed by atoms with Crippen LogP contribution in [-0.2, 0) is 4.79 Å². The summed E-state index contributed by atoms with van der Waals surface area (Å²) in [6.45, 7) is 0. The molecule has 2 aromatic carbocycles. The molecule has 1 amide bonds. The standard InChI is InChI=1S/C23H16N6O2/c30-23(25-21-13-12-16-7-4-5-11-19(16)24-21)20(15-18-10-6-14-31-18)29-22(26-27-28-29)17-8-2-1-3-9-17/h1-15H,(H,24,25,30)/b20-15-. The van der Waals surface area contributed by atoms with Gasteiger partial charge in [-0.2, -0.15) is 4.68 Å². The predicted octanol–water partition coefficient (Wildman–Crippen LogP) is 4.12. The summed E-state index contributed by atoms with van der Waals surface area (Å²) in [6.07, 6.45) is 3.11. The minimum absolute atomic E-state index is 0.189. The van der Waals surface area contributed by atoms with Crippen LogP contribution in [0, 0.1) is 0 Å². The maximum absolute atomic E-state index is 13.3. The van der Waals surface area contributed by atoms with Crippen LogP contribution >= 0.6 is 0 Å². The number of aromatic nitrogens is 5. The Morgan fingerprint density at radius 1 is 0.935 bits per heavy atom. The fourth-order valence-corrected chi connectivity index (χ4v) is 3.16. The van der Waals surface area contributed by atoms with Gasteiger partial charge in [0.15, 0.2) is 5.82 Å². The number of furan rings is 1. The third kappa shape index (κ3) is 3.82. The van der Waals surface area contributed by atoms with E-state index in [1.54, 1.807) is 24.3 Å². The van der Waals surface area contributed by atoms with Crippen LogP contribution in [0.3, 0.4) is 0 Å². The number of amides is 1. The number of carbonyl (C=O) groups excluding carboxylic acids is 1. The number of tetrazole rings is 1. The fourth-order valence-electron chi connectivity index (χ4n) is 3.16. The summed E-state index contributed by atoms with van der Waals surface area (Å²) in [4.78, 5) is 17.8. The van der Waals surface area contributed by atoms with Gasteiger partial charge in [-0.05, 0) is 40.8 Å². The zero-order chi connectivity index (χ0) is 21.0. The molecule has 0 saturated heterocycles. The van der Waals surface area contributed by atoms with E-state index in [1.165, 1.54) is 10.9 Å².